The van der Waals surface area contributed by atoms with Gasteiger partial charge in [-0.05, 0) is 5.56 Å². The minimum absolute atomic E-state index is 0.155. The van der Waals surface area contributed by atoms with Crippen molar-refractivity contribution in [3.8, 4) is 0 Å². The monoisotopic (exact) mass is 312 g/mol. The molecule has 23 heavy (non-hydrogen) atoms. The van der Waals surface area contributed by atoms with Crippen LogP contribution in [0.25, 0.3) is 0 Å². The molecule has 1 aromatic carbocycles. The molecular formula is C16H20N6O. The number of aromatic amines is 1. The zero-order chi connectivity index (χ0) is 15.5. The van der Waals surface area contributed by atoms with E-state index < -0.39 is 0 Å². The van der Waals surface area contributed by atoms with Gasteiger partial charge in [0.2, 0.25) is 5.95 Å². The number of hydrogen-bond acceptors (Lipinski definition) is 6. The minimum Gasteiger partial charge on any atom is -0.390 e. The smallest absolute Gasteiger partial charge is 0.221 e. The van der Waals surface area contributed by atoms with Crippen molar-refractivity contribution in [2.24, 2.45) is 5.16 Å². The summed E-state index contributed by atoms with van der Waals surface area (Å²) in [7, 11) is 0. The summed E-state index contributed by atoms with van der Waals surface area (Å²) in [5, 5.41) is 11.1. The van der Waals surface area contributed by atoms with Crippen LogP contribution in [0.15, 0.2) is 41.8 Å². The third-order valence-electron chi connectivity index (χ3n) is 4.38. The van der Waals surface area contributed by atoms with Gasteiger partial charge >= 0.3 is 0 Å². The molecular weight excluding hydrogens is 292 g/mol. The maximum absolute atomic E-state index is 5.63. The molecule has 0 amide bonds. The van der Waals surface area contributed by atoms with Gasteiger partial charge in [-0.3, -0.25) is 4.90 Å². The van der Waals surface area contributed by atoms with Gasteiger partial charge in [-0.2, -0.15) is 10.1 Å². The Bertz CT molecular complexity index is 648. The number of anilines is 1. The second-order valence-corrected chi connectivity index (χ2v) is 5.93. The third kappa shape index (κ3) is 3.19. The molecule has 3 heterocycles. The van der Waals surface area contributed by atoms with E-state index in [0.29, 0.717) is 0 Å². The van der Waals surface area contributed by atoms with Gasteiger partial charge in [0.25, 0.3) is 0 Å². The fraction of sp³-hybridized carbons (Fsp3) is 0.438. The lowest BCUT2D eigenvalue weighted by molar-refractivity contribution is 0.0509. The number of piperazine rings is 1. The van der Waals surface area contributed by atoms with Crippen LogP contribution in [0.1, 0.15) is 12.0 Å². The molecule has 1 fully saturated rings. The number of oxime groups is 1. The number of hydrogen-bond donors (Lipinski definition) is 1. The van der Waals surface area contributed by atoms with Gasteiger partial charge in [0.05, 0.1) is 5.71 Å². The summed E-state index contributed by atoms with van der Waals surface area (Å²) in [6, 6.07) is 10.3. The molecule has 120 valence electrons. The van der Waals surface area contributed by atoms with Crippen LogP contribution in [0.5, 0.6) is 0 Å². The van der Waals surface area contributed by atoms with Crippen LogP contribution in [0, 0.1) is 0 Å². The van der Waals surface area contributed by atoms with Gasteiger partial charge < -0.3 is 9.74 Å². The number of H-pyrrole nitrogens is 1. The first-order chi connectivity index (χ1) is 11.4. The Labute approximate surface area is 134 Å². The topological polar surface area (TPSA) is 69.6 Å². The van der Waals surface area contributed by atoms with Gasteiger partial charge in [0, 0.05) is 39.1 Å². The van der Waals surface area contributed by atoms with Gasteiger partial charge in [-0.25, -0.2) is 5.10 Å². The SMILES string of the molecule is c1ccc(C2=NO[C@H](CN3CCN(c4ncn[nH]4)CC3)C2)cc1. The first kappa shape index (κ1) is 14.2. The lowest BCUT2D eigenvalue weighted by Crippen LogP contribution is -2.49. The van der Waals surface area contributed by atoms with E-state index in [1.807, 2.05) is 18.2 Å². The molecule has 2 aromatic rings. The summed E-state index contributed by atoms with van der Waals surface area (Å²) in [6.07, 6.45) is 2.59. The molecule has 0 spiro atoms. The van der Waals surface area contributed by atoms with Crippen molar-refractivity contribution in [2.75, 3.05) is 37.6 Å². The van der Waals surface area contributed by atoms with Gasteiger partial charge in [-0.15, -0.1) is 0 Å². The normalized spacial score (nSPS) is 22.0. The quantitative estimate of drug-likeness (QED) is 0.916. The summed E-state index contributed by atoms with van der Waals surface area (Å²) in [5.74, 6) is 0.858. The maximum Gasteiger partial charge on any atom is 0.221 e. The summed E-state index contributed by atoms with van der Waals surface area (Å²) in [6.45, 7) is 4.83. The zero-order valence-corrected chi connectivity index (χ0v) is 12.9. The molecule has 0 unspecified atom stereocenters. The van der Waals surface area contributed by atoms with Gasteiger partial charge in [-0.1, -0.05) is 35.5 Å². The molecule has 7 nitrogen and oxygen atoms in total. The Morgan fingerprint density at radius 3 is 2.70 bits per heavy atom. The van der Waals surface area contributed by atoms with Crippen LogP contribution < -0.4 is 4.90 Å². The molecule has 7 heteroatoms. The average molecular weight is 312 g/mol. The van der Waals surface area contributed by atoms with E-state index in [-0.39, 0.29) is 6.10 Å². The summed E-state index contributed by atoms with van der Waals surface area (Å²) >= 11 is 0. The Hall–Kier alpha value is -2.41. The van der Waals surface area contributed by atoms with Crippen molar-refractivity contribution >= 4 is 11.7 Å². The number of benzene rings is 1. The highest BCUT2D eigenvalue weighted by atomic mass is 16.6. The number of aromatic nitrogens is 3. The van der Waals surface area contributed by atoms with Crippen molar-refractivity contribution < 1.29 is 4.84 Å². The minimum atomic E-state index is 0.155. The molecule has 2 aliphatic rings. The van der Waals surface area contributed by atoms with Crippen molar-refractivity contribution in [3.63, 3.8) is 0 Å². The molecule has 1 aromatic heterocycles. The van der Waals surface area contributed by atoms with E-state index in [1.165, 1.54) is 0 Å². The van der Waals surface area contributed by atoms with Crippen LogP contribution >= 0.6 is 0 Å². The Morgan fingerprint density at radius 2 is 1.96 bits per heavy atom. The van der Waals surface area contributed by atoms with Crippen LogP contribution in [-0.4, -0.2) is 64.6 Å². The molecule has 1 saturated heterocycles. The standard InChI is InChI=1S/C16H20N6O/c1-2-4-13(5-3-1)15-10-14(23-20-15)11-21-6-8-22(9-7-21)16-17-12-18-19-16/h1-5,12,14H,6-11H2,(H,17,18,19)/t14-/m0/s1. The Kier molecular flexibility index (Phi) is 3.94. The predicted octanol–water partition coefficient (Wildman–Crippen LogP) is 1.12. The van der Waals surface area contributed by atoms with E-state index in [2.05, 4.69) is 42.3 Å². The van der Waals surface area contributed by atoms with Crippen LogP contribution in [0.3, 0.4) is 0 Å². The van der Waals surface area contributed by atoms with Crippen LogP contribution in [0.2, 0.25) is 0 Å². The molecule has 0 aliphatic carbocycles. The fourth-order valence-electron chi connectivity index (χ4n) is 3.11. The molecule has 1 N–H and O–H groups in total. The van der Waals surface area contributed by atoms with Gasteiger partial charge in [0.15, 0.2) is 0 Å². The lowest BCUT2D eigenvalue weighted by atomic mass is 10.0. The zero-order valence-electron chi connectivity index (χ0n) is 12.9. The number of rotatable bonds is 4. The van der Waals surface area contributed by atoms with Crippen molar-refractivity contribution in [1.82, 2.24) is 20.1 Å². The Morgan fingerprint density at radius 1 is 1.13 bits per heavy atom. The van der Waals surface area contributed by atoms with Crippen LogP contribution in [-0.2, 0) is 4.84 Å². The van der Waals surface area contributed by atoms with E-state index in [0.717, 1.165) is 56.4 Å². The Balaban J connectivity index is 1.27. The third-order valence-corrected chi connectivity index (χ3v) is 4.38. The van der Waals surface area contributed by atoms with E-state index in [4.69, 9.17) is 4.84 Å². The summed E-state index contributed by atoms with van der Waals surface area (Å²) in [5.41, 5.74) is 2.21. The first-order valence-electron chi connectivity index (χ1n) is 7.99. The highest BCUT2D eigenvalue weighted by molar-refractivity contribution is 6.01. The summed E-state index contributed by atoms with van der Waals surface area (Å²) in [4.78, 5) is 14.5. The fourth-order valence-corrected chi connectivity index (χ4v) is 3.11. The molecule has 0 saturated carbocycles. The number of nitrogens with zero attached hydrogens (tertiary/aromatic N) is 5. The highest BCUT2D eigenvalue weighted by Crippen LogP contribution is 2.18. The first-order valence-corrected chi connectivity index (χ1v) is 7.99. The second-order valence-electron chi connectivity index (χ2n) is 5.93. The van der Waals surface area contributed by atoms with Gasteiger partial charge in [0.1, 0.15) is 12.4 Å². The molecule has 0 radical (unpaired) electrons. The highest BCUT2D eigenvalue weighted by Gasteiger charge is 2.26. The number of nitrogens with one attached hydrogen (secondary N) is 1. The van der Waals surface area contributed by atoms with Crippen LogP contribution in [0.4, 0.5) is 5.95 Å². The summed E-state index contributed by atoms with van der Waals surface area (Å²) < 4.78 is 0. The average Bonchev–Trinajstić information content (AvgIpc) is 3.28. The molecule has 2 aliphatic heterocycles. The van der Waals surface area contributed by atoms with E-state index in [9.17, 15) is 0 Å². The maximum atomic E-state index is 5.63. The predicted molar refractivity (Wildman–Crippen MR) is 87.5 cm³/mol. The second kappa shape index (κ2) is 6.37. The molecule has 4 rings (SSSR count). The van der Waals surface area contributed by atoms with E-state index >= 15 is 0 Å². The molecule has 1 atom stereocenters. The largest absolute Gasteiger partial charge is 0.390 e. The van der Waals surface area contributed by atoms with E-state index in [1.54, 1.807) is 6.33 Å². The van der Waals surface area contributed by atoms with Crippen molar-refractivity contribution in [2.45, 2.75) is 12.5 Å². The van der Waals surface area contributed by atoms with Crippen molar-refractivity contribution in [1.29, 1.82) is 0 Å². The molecule has 0 bridgehead atoms. The van der Waals surface area contributed by atoms with Crippen molar-refractivity contribution in [3.05, 3.63) is 42.2 Å². The lowest BCUT2D eigenvalue weighted by Gasteiger charge is -2.34.